The van der Waals surface area contributed by atoms with E-state index in [0.29, 0.717) is 5.92 Å². The fourth-order valence-electron chi connectivity index (χ4n) is 1.76. The molecule has 1 unspecified atom stereocenters. The minimum atomic E-state index is 0.711. The average molecular weight is 226 g/mol. The van der Waals surface area contributed by atoms with Crippen LogP contribution in [0.4, 0.5) is 0 Å². The first-order valence-corrected chi connectivity index (χ1v) is 6.51. The number of likely N-dealkylation sites (N-methyl/N-ethyl adjacent to an activating group) is 1. The molecule has 0 amide bonds. The molecule has 0 radical (unpaired) electrons. The van der Waals surface area contributed by atoms with Crippen LogP contribution in [0.25, 0.3) is 0 Å². The molecular weight excluding hydrogens is 204 g/mol. The summed E-state index contributed by atoms with van der Waals surface area (Å²) in [5, 5.41) is 2.15. The van der Waals surface area contributed by atoms with E-state index in [-0.39, 0.29) is 0 Å². The van der Waals surface area contributed by atoms with Crippen molar-refractivity contribution >= 4 is 11.3 Å². The van der Waals surface area contributed by atoms with Crippen molar-refractivity contribution in [2.75, 3.05) is 26.7 Å². The van der Waals surface area contributed by atoms with Crippen LogP contribution < -0.4 is 5.73 Å². The van der Waals surface area contributed by atoms with E-state index in [4.69, 9.17) is 5.73 Å². The molecule has 0 aliphatic heterocycles. The monoisotopic (exact) mass is 226 g/mol. The molecule has 2 nitrogen and oxygen atoms in total. The quantitative estimate of drug-likeness (QED) is 0.772. The van der Waals surface area contributed by atoms with Crippen LogP contribution in [0.15, 0.2) is 17.5 Å². The van der Waals surface area contributed by atoms with E-state index in [1.807, 2.05) is 11.3 Å². The van der Waals surface area contributed by atoms with Gasteiger partial charge in [-0.2, -0.15) is 0 Å². The molecule has 1 atom stereocenters. The summed E-state index contributed by atoms with van der Waals surface area (Å²) in [6.07, 6.45) is 2.30. The van der Waals surface area contributed by atoms with Gasteiger partial charge in [0, 0.05) is 18.0 Å². The first-order chi connectivity index (χ1) is 7.22. The fourth-order valence-corrected chi connectivity index (χ4v) is 2.45. The Morgan fingerprint density at radius 1 is 1.53 bits per heavy atom. The third-order valence-corrected chi connectivity index (χ3v) is 3.54. The second-order valence-electron chi connectivity index (χ2n) is 4.27. The van der Waals surface area contributed by atoms with E-state index >= 15 is 0 Å². The lowest BCUT2D eigenvalue weighted by Gasteiger charge is -2.20. The zero-order chi connectivity index (χ0) is 11.1. The molecule has 1 aromatic heterocycles. The summed E-state index contributed by atoms with van der Waals surface area (Å²) in [4.78, 5) is 3.88. The Balaban J connectivity index is 2.15. The van der Waals surface area contributed by atoms with Crippen LogP contribution >= 0.6 is 11.3 Å². The lowest BCUT2D eigenvalue weighted by Crippen LogP contribution is -2.27. The molecule has 0 fully saturated rings. The van der Waals surface area contributed by atoms with Crippen molar-refractivity contribution in [3.05, 3.63) is 22.4 Å². The van der Waals surface area contributed by atoms with E-state index in [1.165, 1.54) is 11.3 Å². The molecule has 0 spiro atoms. The van der Waals surface area contributed by atoms with Crippen molar-refractivity contribution in [2.45, 2.75) is 19.8 Å². The van der Waals surface area contributed by atoms with Crippen molar-refractivity contribution < 1.29 is 0 Å². The largest absolute Gasteiger partial charge is 0.330 e. The number of nitrogens with two attached hydrogens (primary N) is 1. The van der Waals surface area contributed by atoms with Gasteiger partial charge in [0.2, 0.25) is 0 Å². The number of thiophene rings is 1. The van der Waals surface area contributed by atoms with Gasteiger partial charge in [-0.15, -0.1) is 11.3 Å². The Hall–Kier alpha value is -0.380. The number of hydrogen-bond donors (Lipinski definition) is 1. The molecule has 0 saturated heterocycles. The lowest BCUT2D eigenvalue weighted by atomic mass is 10.1. The Kier molecular flexibility index (Phi) is 5.91. The minimum Gasteiger partial charge on any atom is -0.330 e. The number of rotatable bonds is 7. The summed E-state index contributed by atoms with van der Waals surface area (Å²) in [6, 6.07) is 4.33. The van der Waals surface area contributed by atoms with Gasteiger partial charge in [0.1, 0.15) is 0 Å². The zero-order valence-corrected chi connectivity index (χ0v) is 10.6. The predicted octanol–water partition coefficient (Wildman–Crippen LogP) is 2.21. The second-order valence-corrected chi connectivity index (χ2v) is 5.31. The van der Waals surface area contributed by atoms with Crippen molar-refractivity contribution in [3.63, 3.8) is 0 Å². The van der Waals surface area contributed by atoms with Gasteiger partial charge < -0.3 is 10.6 Å². The third-order valence-electron chi connectivity index (χ3n) is 2.60. The molecule has 0 bridgehead atoms. The SMILES string of the molecule is CC(CCN)CN(C)CCc1cccs1. The molecule has 0 aromatic carbocycles. The van der Waals surface area contributed by atoms with E-state index in [2.05, 4.69) is 36.4 Å². The average Bonchev–Trinajstić information content (AvgIpc) is 2.67. The van der Waals surface area contributed by atoms with Gasteiger partial charge in [0.05, 0.1) is 0 Å². The topological polar surface area (TPSA) is 29.3 Å². The summed E-state index contributed by atoms with van der Waals surface area (Å²) in [6.45, 7) is 5.38. The van der Waals surface area contributed by atoms with Crippen molar-refractivity contribution in [1.29, 1.82) is 0 Å². The van der Waals surface area contributed by atoms with Gasteiger partial charge in [-0.05, 0) is 43.8 Å². The maximum atomic E-state index is 5.54. The first-order valence-electron chi connectivity index (χ1n) is 5.63. The summed E-state index contributed by atoms with van der Waals surface area (Å²) >= 11 is 1.85. The Bertz CT molecular complexity index is 246. The molecule has 1 aromatic rings. The Morgan fingerprint density at radius 2 is 2.33 bits per heavy atom. The van der Waals surface area contributed by atoms with Crippen LogP contribution in [0.3, 0.4) is 0 Å². The van der Waals surface area contributed by atoms with Gasteiger partial charge in [0.15, 0.2) is 0 Å². The molecule has 1 heterocycles. The van der Waals surface area contributed by atoms with Crippen LogP contribution in [-0.2, 0) is 6.42 Å². The molecule has 86 valence electrons. The van der Waals surface area contributed by atoms with Crippen molar-refractivity contribution in [3.8, 4) is 0 Å². The number of hydrogen-bond acceptors (Lipinski definition) is 3. The van der Waals surface area contributed by atoms with Gasteiger partial charge in [-0.25, -0.2) is 0 Å². The van der Waals surface area contributed by atoms with E-state index < -0.39 is 0 Å². The fraction of sp³-hybridized carbons (Fsp3) is 0.667. The zero-order valence-electron chi connectivity index (χ0n) is 9.78. The smallest absolute Gasteiger partial charge is 0.00579 e. The second kappa shape index (κ2) is 6.99. The van der Waals surface area contributed by atoms with E-state index in [0.717, 1.165) is 26.1 Å². The highest BCUT2D eigenvalue weighted by Crippen LogP contribution is 2.10. The third kappa shape index (κ3) is 5.30. The molecule has 0 aliphatic rings. The minimum absolute atomic E-state index is 0.711. The standard InChI is InChI=1S/C12H22N2S/c1-11(5-7-13)10-14(2)8-6-12-4-3-9-15-12/h3-4,9,11H,5-8,10,13H2,1-2H3. The van der Waals surface area contributed by atoms with Gasteiger partial charge in [0.25, 0.3) is 0 Å². The van der Waals surface area contributed by atoms with Crippen LogP contribution in [0.1, 0.15) is 18.2 Å². The summed E-state index contributed by atoms with van der Waals surface area (Å²) in [5.41, 5.74) is 5.54. The summed E-state index contributed by atoms with van der Waals surface area (Å²) in [7, 11) is 2.20. The van der Waals surface area contributed by atoms with E-state index in [9.17, 15) is 0 Å². The molecular formula is C12H22N2S. The number of nitrogens with zero attached hydrogens (tertiary/aromatic N) is 1. The Labute approximate surface area is 97.1 Å². The molecule has 2 N–H and O–H groups in total. The predicted molar refractivity (Wildman–Crippen MR) is 68.4 cm³/mol. The van der Waals surface area contributed by atoms with Crippen molar-refractivity contribution in [1.82, 2.24) is 4.90 Å². The summed E-state index contributed by atoms with van der Waals surface area (Å²) in [5.74, 6) is 0.711. The van der Waals surface area contributed by atoms with Crippen LogP contribution in [0.2, 0.25) is 0 Å². The molecule has 3 heteroatoms. The van der Waals surface area contributed by atoms with Crippen LogP contribution in [0, 0.1) is 5.92 Å². The highest BCUT2D eigenvalue weighted by Gasteiger charge is 2.05. The molecule has 15 heavy (non-hydrogen) atoms. The normalized spacial score (nSPS) is 13.3. The highest BCUT2D eigenvalue weighted by molar-refractivity contribution is 7.09. The molecule has 0 saturated carbocycles. The van der Waals surface area contributed by atoms with Crippen molar-refractivity contribution in [2.24, 2.45) is 11.7 Å². The van der Waals surface area contributed by atoms with E-state index in [1.54, 1.807) is 0 Å². The first kappa shape index (κ1) is 12.7. The van der Waals surface area contributed by atoms with Gasteiger partial charge in [-0.1, -0.05) is 13.0 Å². The van der Waals surface area contributed by atoms with Crippen LogP contribution in [-0.4, -0.2) is 31.6 Å². The molecule has 0 aliphatic carbocycles. The Morgan fingerprint density at radius 3 is 2.93 bits per heavy atom. The van der Waals surface area contributed by atoms with Crippen LogP contribution in [0.5, 0.6) is 0 Å². The molecule has 1 rings (SSSR count). The summed E-state index contributed by atoms with van der Waals surface area (Å²) < 4.78 is 0. The maximum Gasteiger partial charge on any atom is 0.00579 e. The maximum absolute atomic E-state index is 5.54. The van der Waals surface area contributed by atoms with Gasteiger partial charge >= 0.3 is 0 Å². The highest BCUT2D eigenvalue weighted by atomic mass is 32.1. The van der Waals surface area contributed by atoms with Gasteiger partial charge in [-0.3, -0.25) is 0 Å². The lowest BCUT2D eigenvalue weighted by molar-refractivity contribution is 0.283.